The van der Waals surface area contributed by atoms with E-state index < -0.39 is 0 Å². The van der Waals surface area contributed by atoms with E-state index in [2.05, 4.69) is 14.9 Å². The van der Waals surface area contributed by atoms with E-state index in [1.165, 1.54) is 0 Å². The average molecular weight is 316 g/mol. The lowest BCUT2D eigenvalue weighted by atomic mass is 10.1. The van der Waals surface area contributed by atoms with Crippen LogP contribution in [0.15, 0.2) is 24.3 Å². The molecule has 0 saturated carbocycles. The van der Waals surface area contributed by atoms with Crippen LogP contribution in [0.4, 0.5) is 0 Å². The Hall–Kier alpha value is -1.92. The predicted octanol–water partition coefficient (Wildman–Crippen LogP) is 0.689. The SMILES string of the molecule is Cn1c(CCNC(=O)CN2CCC[C@H](O)C2)nc2ccccc21. The van der Waals surface area contributed by atoms with Gasteiger partial charge in [-0.15, -0.1) is 0 Å². The molecule has 124 valence electrons. The highest BCUT2D eigenvalue weighted by atomic mass is 16.3. The minimum atomic E-state index is -0.295. The van der Waals surface area contributed by atoms with Crippen LogP contribution in [-0.2, 0) is 18.3 Å². The standard InChI is InChI=1S/C17H24N4O2/c1-20-15-7-3-2-6-14(15)19-16(20)8-9-18-17(23)12-21-10-4-5-13(22)11-21/h2-3,6-7,13,22H,4-5,8-12H2,1H3,(H,18,23)/t13-/m0/s1. The molecule has 1 aliphatic heterocycles. The zero-order valence-electron chi connectivity index (χ0n) is 13.5. The summed E-state index contributed by atoms with van der Waals surface area (Å²) in [6.45, 7) is 2.42. The van der Waals surface area contributed by atoms with E-state index >= 15 is 0 Å². The molecule has 0 unspecified atom stereocenters. The van der Waals surface area contributed by atoms with Gasteiger partial charge in [0.25, 0.3) is 0 Å². The van der Waals surface area contributed by atoms with Gasteiger partial charge in [0.15, 0.2) is 0 Å². The molecule has 0 spiro atoms. The number of nitrogens with one attached hydrogen (secondary N) is 1. The minimum absolute atomic E-state index is 0.0119. The quantitative estimate of drug-likeness (QED) is 0.851. The Labute approximate surface area is 136 Å². The Morgan fingerprint density at radius 2 is 2.26 bits per heavy atom. The van der Waals surface area contributed by atoms with Gasteiger partial charge >= 0.3 is 0 Å². The molecule has 1 atom stereocenters. The fraction of sp³-hybridized carbons (Fsp3) is 0.529. The molecule has 2 heterocycles. The number of benzene rings is 1. The number of rotatable bonds is 5. The Balaban J connectivity index is 1.48. The van der Waals surface area contributed by atoms with E-state index in [9.17, 15) is 9.90 Å². The highest BCUT2D eigenvalue weighted by molar-refractivity contribution is 5.78. The molecular formula is C17H24N4O2. The Morgan fingerprint density at radius 1 is 1.43 bits per heavy atom. The first-order valence-electron chi connectivity index (χ1n) is 8.21. The Kier molecular flexibility index (Phi) is 4.93. The number of β-amino-alcohol motifs (C(OH)–C–C–N with tert-alkyl or cyclic N) is 1. The lowest BCUT2D eigenvalue weighted by molar-refractivity contribution is -0.122. The summed E-state index contributed by atoms with van der Waals surface area (Å²) in [6, 6.07) is 8.03. The molecule has 0 bridgehead atoms. The number of aryl methyl sites for hydroxylation is 1. The van der Waals surface area contributed by atoms with Crippen molar-refractivity contribution in [3.05, 3.63) is 30.1 Å². The molecule has 2 N–H and O–H groups in total. The van der Waals surface area contributed by atoms with Crippen molar-refractivity contribution in [2.75, 3.05) is 26.2 Å². The summed E-state index contributed by atoms with van der Waals surface area (Å²) in [6.07, 6.45) is 2.20. The largest absolute Gasteiger partial charge is 0.392 e. The fourth-order valence-corrected chi connectivity index (χ4v) is 3.17. The van der Waals surface area contributed by atoms with Gasteiger partial charge in [-0.3, -0.25) is 9.69 Å². The van der Waals surface area contributed by atoms with Gasteiger partial charge in [-0.05, 0) is 31.5 Å². The Bertz CT molecular complexity index is 682. The zero-order chi connectivity index (χ0) is 16.2. The second-order valence-electron chi connectivity index (χ2n) is 6.21. The molecule has 1 aromatic carbocycles. The number of para-hydroxylation sites is 2. The molecular weight excluding hydrogens is 292 g/mol. The summed E-state index contributed by atoms with van der Waals surface area (Å²) >= 11 is 0. The van der Waals surface area contributed by atoms with Gasteiger partial charge in [-0.25, -0.2) is 4.98 Å². The average Bonchev–Trinajstić information content (AvgIpc) is 2.84. The number of nitrogens with zero attached hydrogens (tertiary/aromatic N) is 3. The number of hydrogen-bond donors (Lipinski definition) is 2. The van der Waals surface area contributed by atoms with Crippen LogP contribution in [0.1, 0.15) is 18.7 Å². The monoisotopic (exact) mass is 316 g/mol. The summed E-state index contributed by atoms with van der Waals surface area (Å²) < 4.78 is 2.07. The van der Waals surface area contributed by atoms with Crippen LogP contribution in [0.5, 0.6) is 0 Å². The summed E-state index contributed by atoms with van der Waals surface area (Å²) in [7, 11) is 2.00. The molecule has 1 aromatic heterocycles. The van der Waals surface area contributed by atoms with Gasteiger partial charge in [-0.2, -0.15) is 0 Å². The lowest BCUT2D eigenvalue weighted by Gasteiger charge is -2.29. The normalized spacial score (nSPS) is 19.1. The number of aromatic nitrogens is 2. The van der Waals surface area contributed by atoms with Crippen LogP contribution in [0.25, 0.3) is 11.0 Å². The van der Waals surface area contributed by atoms with Crippen molar-refractivity contribution < 1.29 is 9.90 Å². The molecule has 6 nitrogen and oxygen atoms in total. The summed E-state index contributed by atoms with van der Waals surface area (Å²) in [4.78, 5) is 18.6. The van der Waals surface area contributed by atoms with Crippen molar-refractivity contribution in [2.24, 2.45) is 7.05 Å². The van der Waals surface area contributed by atoms with E-state index in [-0.39, 0.29) is 12.0 Å². The van der Waals surface area contributed by atoms with E-state index in [4.69, 9.17) is 0 Å². The number of aliphatic hydroxyl groups is 1. The topological polar surface area (TPSA) is 70.4 Å². The Morgan fingerprint density at radius 3 is 3.04 bits per heavy atom. The number of hydrogen-bond acceptors (Lipinski definition) is 4. The maximum Gasteiger partial charge on any atom is 0.234 e. The zero-order valence-corrected chi connectivity index (χ0v) is 13.5. The van der Waals surface area contributed by atoms with Crippen LogP contribution in [0, 0.1) is 0 Å². The molecule has 6 heteroatoms. The predicted molar refractivity (Wildman–Crippen MR) is 89.1 cm³/mol. The van der Waals surface area contributed by atoms with E-state index in [1.807, 2.05) is 36.2 Å². The van der Waals surface area contributed by atoms with Crippen LogP contribution >= 0.6 is 0 Å². The maximum atomic E-state index is 12.0. The maximum absolute atomic E-state index is 12.0. The van der Waals surface area contributed by atoms with Gasteiger partial charge in [0.2, 0.25) is 5.91 Å². The van der Waals surface area contributed by atoms with Crippen molar-refractivity contribution in [1.29, 1.82) is 0 Å². The summed E-state index contributed by atoms with van der Waals surface area (Å²) in [5, 5.41) is 12.6. The van der Waals surface area contributed by atoms with Crippen LogP contribution in [0.3, 0.4) is 0 Å². The number of carbonyl (C=O) groups is 1. The second-order valence-corrected chi connectivity index (χ2v) is 6.21. The van der Waals surface area contributed by atoms with E-state index in [0.29, 0.717) is 26.1 Å². The minimum Gasteiger partial charge on any atom is -0.392 e. The lowest BCUT2D eigenvalue weighted by Crippen LogP contribution is -2.44. The highest BCUT2D eigenvalue weighted by Crippen LogP contribution is 2.14. The third kappa shape index (κ3) is 3.89. The smallest absolute Gasteiger partial charge is 0.234 e. The van der Waals surface area contributed by atoms with Crippen LogP contribution < -0.4 is 5.32 Å². The van der Waals surface area contributed by atoms with Crippen molar-refractivity contribution >= 4 is 16.9 Å². The number of likely N-dealkylation sites (tertiary alicyclic amines) is 1. The molecule has 1 aliphatic rings. The number of aliphatic hydroxyl groups excluding tert-OH is 1. The third-order valence-electron chi connectivity index (χ3n) is 4.40. The van der Waals surface area contributed by atoms with Crippen LogP contribution in [-0.4, -0.2) is 57.7 Å². The van der Waals surface area contributed by atoms with Crippen molar-refractivity contribution in [2.45, 2.75) is 25.4 Å². The van der Waals surface area contributed by atoms with Gasteiger partial charge in [0, 0.05) is 26.6 Å². The number of imidazole rings is 1. The number of carbonyl (C=O) groups excluding carboxylic acids is 1. The molecule has 0 radical (unpaired) electrons. The van der Waals surface area contributed by atoms with Gasteiger partial charge in [0.05, 0.1) is 23.7 Å². The second kappa shape index (κ2) is 7.10. The van der Waals surface area contributed by atoms with Gasteiger partial charge in [-0.1, -0.05) is 12.1 Å². The summed E-state index contributed by atoms with van der Waals surface area (Å²) in [5.74, 6) is 0.984. The van der Waals surface area contributed by atoms with Gasteiger partial charge < -0.3 is 15.0 Å². The molecule has 1 fully saturated rings. The number of piperidine rings is 1. The molecule has 1 amide bonds. The molecule has 3 rings (SSSR count). The van der Waals surface area contributed by atoms with Crippen molar-refractivity contribution in [1.82, 2.24) is 19.8 Å². The first-order chi connectivity index (χ1) is 11.1. The first kappa shape index (κ1) is 16.0. The molecule has 1 saturated heterocycles. The van der Waals surface area contributed by atoms with Crippen molar-refractivity contribution in [3.63, 3.8) is 0 Å². The number of fused-ring (bicyclic) bond motifs is 1. The fourth-order valence-electron chi connectivity index (χ4n) is 3.17. The third-order valence-corrected chi connectivity index (χ3v) is 4.40. The molecule has 0 aliphatic carbocycles. The number of amides is 1. The van der Waals surface area contributed by atoms with Crippen molar-refractivity contribution in [3.8, 4) is 0 Å². The van der Waals surface area contributed by atoms with Crippen LogP contribution in [0.2, 0.25) is 0 Å². The summed E-state index contributed by atoms with van der Waals surface area (Å²) in [5.41, 5.74) is 2.09. The molecule has 23 heavy (non-hydrogen) atoms. The first-order valence-corrected chi connectivity index (χ1v) is 8.21. The molecule has 2 aromatic rings. The highest BCUT2D eigenvalue weighted by Gasteiger charge is 2.19. The van der Waals surface area contributed by atoms with E-state index in [0.717, 1.165) is 36.2 Å². The van der Waals surface area contributed by atoms with Gasteiger partial charge in [0.1, 0.15) is 5.82 Å². The van der Waals surface area contributed by atoms with E-state index in [1.54, 1.807) is 0 Å².